The van der Waals surface area contributed by atoms with Gasteiger partial charge in [0.1, 0.15) is 0 Å². The monoisotopic (exact) mass is 257 g/mol. The number of fused-ring (bicyclic) bond motifs is 1. The Morgan fingerprint density at radius 3 is 3.00 bits per heavy atom. The van der Waals surface area contributed by atoms with Gasteiger partial charge in [0.2, 0.25) is 0 Å². The largest absolute Gasteiger partial charge is 0.397 e. The van der Waals surface area contributed by atoms with Crippen molar-refractivity contribution in [3.63, 3.8) is 0 Å². The number of aliphatic hydroxyl groups is 1. The molecule has 1 aromatic heterocycles. The van der Waals surface area contributed by atoms with E-state index < -0.39 is 0 Å². The minimum absolute atomic E-state index is 0.171. The smallest absolute Gasteiger partial charge is 0.0724 e. The Hall–Kier alpha value is -1.81. The lowest BCUT2D eigenvalue weighted by molar-refractivity contribution is 0.138. The molecule has 0 spiro atoms. The molecule has 4 N–H and O–H groups in total. The number of nitrogens with one attached hydrogen (secondary N) is 1. The van der Waals surface area contributed by atoms with Crippen LogP contribution in [0.2, 0.25) is 0 Å². The minimum Gasteiger partial charge on any atom is -0.397 e. The second kappa shape index (κ2) is 5.05. The highest BCUT2D eigenvalue weighted by atomic mass is 16.3. The predicted molar refractivity (Wildman–Crippen MR) is 78.0 cm³/mol. The fourth-order valence-electron chi connectivity index (χ4n) is 2.83. The van der Waals surface area contributed by atoms with E-state index in [1.54, 1.807) is 6.20 Å². The Balaban J connectivity index is 1.79. The van der Waals surface area contributed by atoms with Crippen LogP contribution in [0.4, 0.5) is 11.4 Å². The van der Waals surface area contributed by atoms with Crippen molar-refractivity contribution in [1.29, 1.82) is 0 Å². The molecule has 4 nitrogen and oxygen atoms in total. The van der Waals surface area contributed by atoms with Crippen molar-refractivity contribution >= 4 is 22.3 Å². The third kappa shape index (κ3) is 2.36. The van der Waals surface area contributed by atoms with Crippen molar-refractivity contribution in [2.24, 2.45) is 5.92 Å². The van der Waals surface area contributed by atoms with E-state index in [9.17, 15) is 5.11 Å². The van der Waals surface area contributed by atoms with Crippen LogP contribution >= 0.6 is 0 Å². The van der Waals surface area contributed by atoms with Crippen LogP contribution in [0.25, 0.3) is 10.9 Å². The van der Waals surface area contributed by atoms with Gasteiger partial charge in [-0.3, -0.25) is 4.98 Å². The topological polar surface area (TPSA) is 71.2 Å². The molecule has 1 fully saturated rings. The molecule has 2 unspecified atom stereocenters. The van der Waals surface area contributed by atoms with Gasteiger partial charge >= 0.3 is 0 Å². The molecular weight excluding hydrogens is 238 g/mol. The molecule has 2 aromatic rings. The standard InChI is InChI=1S/C15H19N3O/c16-15-11-4-2-8-17-12(11)6-7-13(15)18-9-10-3-1-5-14(10)19/h2,4,6-8,10,14,18-19H,1,3,5,9,16H2. The lowest BCUT2D eigenvalue weighted by atomic mass is 10.1. The number of benzene rings is 1. The lowest BCUT2D eigenvalue weighted by Gasteiger charge is -2.17. The van der Waals surface area contributed by atoms with Crippen molar-refractivity contribution in [2.45, 2.75) is 25.4 Å². The highest BCUT2D eigenvalue weighted by Crippen LogP contribution is 2.30. The number of anilines is 2. The van der Waals surface area contributed by atoms with Crippen LogP contribution < -0.4 is 11.1 Å². The van der Waals surface area contributed by atoms with Crippen LogP contribution in [0.1, 0.15) is 19.3 Å². The number of pyridine rings is 1. The molecule has 100 valence electrons. The van der Waals surface area contributed by atoms with Crippen LogP contribution in [-0.2, 0) is 0 Å². The molecule has 0 radical (unpaired) electrons. The number of nitrogens with two attached hydrogens (primary N) is 1. The number of hydrogen-bond donors (Lipinski definition) is 3. The molecule has 1 saturated carbocycles. The third-order valence-electron chi connectivity index (χ3n) is 4.00. The van der Waals surface area contributed by atoms with E-state index in [1.165, 1.54) is 0 Å². The molecule has 3 rings (SSSR count). The maximum absolute atomic E-state index is 9.83. The highest BCUT2D eigenvalue weighted by Gasteiger charge is 2.24. The van der Waals surface area contributed by atoms with Crippen LogP contribution in [0.3, 0.4) is 0 Å². The lowest BCUT2D eigenvalue weighted by Crippen LogP contribution is -2.22. The summed E-state index contributed by atoms with van der Waals surface area (Å²) in [5.74, 6) is 0.337. The summed E-state index contributed by atoms with van der Waals surface area (Å²) in [6.07, 6.45) is 4.72. The Bertz CT molecular complexity index is 585. The van der Waals surface area contributed by atoms with Gasteiger partial charge in [0.15, 0.2) is 0 Å². The molecular formula is C15H19N3O. The normalized spacial score (nSPS) is 22.8. The average molecular weight is 257 g/mol. The fourth-order valence-corrected chi connectivity index (χ4v) is 2.83. The summed E-state index contributed by atoms with van der Waals surface area (Å²) in [6.45, 7) is 0.775. The molecule has 0 saturated heterocycles. The molecule has 1 aliphatic carbocycles. The predicted octanol–water partition coefficient (Wildman–Crippen LogP) is 2.39. The Morgan fingerprint density at radius 1 is 1.32 bits per heavy atom. The summed E-state index contributed by atoms with van der Waals surface area (Å²) >= 11 is 0. The van der Waals surface area contributed by atoms with Gasteiger partial charge in [0, 0.05) is 24.0 Å². The molecule has 1 heterocycles. The van der Waals surface area contributed by atoms with Gasteiger partial charge < -0.3 is 16.2 Å². The zero-order chi connectivity index (χ0) is 13.2. The number of nitrogen functional groups attached to an aromatic ring is 1. The van der Waals surface area contributed by atoms with Crippen LogP contribution in [0.15, 0.2) is 30.5 Å². The summed E-state index contributed by atoms with van der Waals surface area (Å²) in [5.41, 5.74) is 8.75. The first-order valence-electron chi connectivity index (χ1n) is 6.81. The molecule has 0 amide bonds. The number of nitrogens with zero attached hydrogens (tertiary/aromatic N) is 1. The Labute approximate surface area is 112 Å². The van der Waals surface area contributed by atoms with E-state index in [1.807, 2.05) is 24.3 Å². The van der Waals surface area contributed by atoms with Crippen LogP contribution in [0.5, 0.6) is 0 Å². The van der Waals surface area contributed by atoms with Crippen molar-refractivity contribution in [3.8, 4) is 0 Å². The van der Waals surface area contributed by atoms with Gasteiger partial charge in [-0.25, -0.2) is 0 Å². The summed E-state index contributed by atoms with van der Waals surface area (Å²) in [4.78, 5) is 4.29. The summed E-state index contributed by atoms with van der Waals surface area (Å²) in [7, 11) is 0. The molecule has 19 heavy (non-hydrogen) atoms. The van der Waals surface area contributed by atoms with E-state index in [2.05, 4.69) is 10.3 Å². The maximum atomic E-state index is 9.83. The molecule has 4 heteroatoms. The van der Waals surface area contributed by atoms with Crippen LogP contribution in [-0.4, -0.2) is 22.7 Å². The number of rotatable bonds is 3. The van der Waals surface area contributed by atoms with Crippen molar-refractivity contribution < 1.29 is 5.11 Å². The minimum atomic E-state index is -0.171. The Kier molecular flexibility index (Phi) is 3.25. The van der Waals surface area contributed by atoms with Crippen LogP contribution in [0, 0.1) is 5.92 Å². The maximum Gasteiger partial charge on any atom is 0.0724 e. The molecule has 0 bridgehead atoms. The number of aromatic nitrogens is 1. The first kappa shape index (κ1) is 12.2. The van der Waals surface area contributed by atoms with Gasteiger partial charge in [0.25, 0.3) is 0 Å². The average Bonchev–Trinajstić information content (AvgIpc) is 2.84. The van der Waals surface area contributed by atoms with E-state index in [4.69, 9.17) is 5.73 Å². The fraction of sp³-hybridized carbons (Fsp3) is 0.400. The summed E-state index contributed by atoms with van der Waals surface area (Å²) in [6, 6.07) is 7.81. The first-order chi connectivity index (χ1) is 9.25. The molecule has 1 aromatic carbocycles. The summed E-state index contributed by atoms with van der Waals surface area (Å²) in [5, 5.41) is 14.2. The molecule has 2 atom stereocenters. The van der Waals surface area contributed by atoms with Gasteiger partial charge in [0.05, 0.1) is 23.0 Å². The van der Waals surface area contributed by atoms with Crippen molar-refractivity contribution in [2.75, 3.05) is 17.6 Å². The third-order valence-corrected chi connectivity index (χ3v) is 4.00. The van der Waals surface area contributed by atoms with Gasteiger partial charge in [-0.1, -0.05) is 6.42 Å². The van der Waals surface area contributed by atoms with E-state index in [0.29, 0.717) is 5.92 Å². The van der Waals surface area contributed by atoms with Gasteiger partial charge in [-0.2, -0.15) is 0 Å². The summed E-state index contributed by atoms with van der Waals surface area (Å²) < 4.78 is 0. The SMILES string of the molecule is Nc1c(NCC2CCCC2O)ccc2ncccc12. The highest BCUT2D eigenvalue weighted by molar-refractivity contribution is 5.96. The van der Waals surface area contributed by atoms with E-state index in [0.717, 1.165) is 48.1 Å². The molecule has 1 aliphatic rings. The van der Waals surface area contributed by atoms with Gasteiger partial charge in [-0.05, 0) is 37.1 Å². The second-order valence-electron chi connectivity index (χ2n) is 5.24. The van der Waals surface area contributed by atoms with E-state index >= 15 is 0 Å². The Morgan fingerprint density at radius 2 is 2.21 bits per heavy atom. The zero-order valence-corrected chi connectivity index (χ0v) is 10.8. The zero-order valence-electron chi connectivity index (χ0n) is 10.8. The number of hydrogen-bond acceptors (Lipinski definition) is 4. The second-order valence-corrected chi connectivity index (χ2v) is 5.24. The molecule has 0 aliphatic heterocycles. The first-order valence-corrected chi connectivity index (χ1v) is 6.81. The van der Waals surface area contributed by atoms with E-state index in [-0.39, 0.29) is 6.10 Å². The quantitative estimate of drug-likeness (QED) is 0.738. The van der Waals surface area contributed by atoms with Crippen molar-refractivity contribution in [1.82, 2.24) is 4.98 Å². The van der Waals surface area contributed by atoms with Gasteiger partial charge in [-0.15, -0.1) is 0 Å². The number of aliphatic hydroxyl groups excluding tert-OH is 1. The van der Waals surface area contributed by atoms with Crippen molar-refractivity contribution in [3.05, 3.63) is 30.5 Å².